The molecule has 1 aromatic heterocycles. The molecule has 0 N–H and O–H groups in total. The number of hydrogen-bond acceptors (Lipinski definition) is 4. The first-order chi connectivity index (χ1) is 8.42. The molecule has 1 rings (SSSR count). The zero-order valence-corrected chi connectivity index (χ0v) is 10.5. The van der Waals surface area contributed by atoms with Crippen LogP contribution in [-0.2, 0) is 6.18 Å². The van der Waals surface area contributed by atoms with Crippen molar-refractivity contribution in [1.82, 2.24) is 4.98 Å². The van der Waals surface area contributed by atoms with Crippen molar-refractivity contribution >= 4 is 28.4 Å². The van der Waals surface area contributed by atoms with Crippen molar-refractivity contribution in [2.75, 3.05) is 0 Å². The Bertz CT molecular complexity index is 515. The standard InChI is InChI=1S/C7HF6IN2O3/c8-6(9,10)4-3(19-7(11,12)13)1-2(14)5(15-4)16(17)18/h1H. The Morgan fingerprint density at radius 2 is 1.79 bits per heavy atom. The monoisotopic (exact) mass is 402 g/mol. The number of hydrogen-bond donors (Lipinski definition) is 0. The molecule has 5 nitrogen and oxygen atoms in total. The normalized spacial score (nSPS) is 12.4. The van der Waals surface area contributed by atoms with E-state index in [4.69, 9.17) is 0 Å². The fourth-order valence-corrected chi connectivity index (χ4v) is 1.60. The predicted molar refractivity (Wildman–Crippen MR) is 55.3 cm³/mol. The van der Waals surface area contributed by atoms with Crippen molar-refractivity contribution in [2.45, 2.75) is 12.5 Å². The quantitative estimate of drug-likeness (QED) is 0.329. The van der Waals surface area contributed by atoms with Gasteiger partial charge in [0.25, 0.3) is 5.69 Å². The van der Waals surface area contributed by atoms with Crippen molar-refractivity contribution in [3.8, 4) is 5.75 Å². The maximum Gasteiger partial charge on any atom is 0.573 e. The SMILES string of the molecule is O=[N+]([O-])c1nc(C(F)(F)F)c(OC(F)(F)F)cc1I. The van der Waals surface area contributed by atoms with Crippen LogP contribution in [0.5, 0.6) is 5.75 Å². The van der Waals surface area contributed by atoms with Gasteiger partial charge in [-0.15, -0.1) is 13.2 Å². The highest BCUT2D eigenvalue weighted by Gasteiger charge is 2.46. The third-order valence-electron chi connectivity index (χ3n) is 1.59. The van der Waals surface area contributed by atoms with Crippen LogP contribution < -0.4 is 4.74 Å². The number of nitrogens with zero attached hydrogens (tertiary/aromatic N) is 2. The lowest BCUT2D eigenvalue weighted by Crippen LogP contribution is -2.21. The largest absolute Gasteiger partial charge is 0.573 e. The zero-order valence-electron chi connectivity index (χ0n) is 8.34. The smallest absolute Gasteiger partial charge is 0.401 e. The minimum Gasteiger partial charge on any atom is -0.401 e. The van der Waals surface area contributed by atoms with Gasteiger partial charge in [-0.05, 0) is 32.5 Å². The highest BCUT2D eigenvalue weighted by molar-refractivity contribution is 14.1. The van der Waals surface area contributed by atoms with E-state index in [1.54, 1.807) is 0 Å². The number of rotatable bonds is 2. The molecular weight excluding hydrogens is 401 g/mol. The summed E-state index contributed by atoms with van der Waals surface area (Å²) >= 11 is 1.18. The summed E-state index contributed by atoms with van der Waals surface area (Å²) in [5.74, 6) is -2.85. The average molecular weight is 402 g/mol. The third kappa shape index (κ3) is 4.07. The molecule has 0 amide bonds. The van der Waals surface area contributed by atoms with Crippen molar-refractivity contribution < 1.29 is 36.0 Å². The molecule has 0 aromatic carbocycles. The fraction of sp³-hybridized carbons (Fsp3) is 0.286. The molecule has 0 spiro atoms. The van der Waals surface area contributed by atoms with Crippen molar-refractivity contribution in [1.29, 1.82) is 0 Å². The highest BCUT2D eigenvalue weighted by Crippen LogP contribution is 2.39. The van der Waals surface area contributed by atoms with Crippen LogP contribution in [0.15, 0.2) is 6.07 Å². The molecule has 0 aliphatic heterocycles. The molecule has 19 heavy (non-hydrogen) atoms. The van der Waals surface area contributed by atoms with Gasteiger partial charge in [0.15, 0.2) is 5.75 Å². The molecule has 0 aliphatic carbocycles. The second-order valence-corrected chi connectivity index (χ2v) is 4.11. The van der Waals surface area contributed by atoms with Gasteiger partial charge in [0.1, 0.15) is 3.57 Å². The number of aromatic nitrogens is 1. The lowest BCUT2D eigenvalue weighted by molar-refractivity contribution is -0.391. The summed E-state index contributed by atoms with van der Waals surface area (Å²) in [6.07, 6.45) is -10.7. The molecule has 106 valence electrons. The summed E-state index contributed by atoms with van der Waals surface area (Å²) in [5.41, 5.74) is -2.11. The van der Waals surface area contributed by atoms with E-state index in [9.17, 15) is 36.5 Å². The van der Waals surface area contributed by atoms with Crippen LogP contribution in [0.4, 0.5) is 32.2 Å². The molecule has 0 atom stereocenters. The van der Waals surface area contributed by atoms with Crippen molar-refractivity contribution in [2.24, 2.45) is 0 Å². The summed E-state index contributed by atoms with van der Waals surface area (Å²) in [5, 5.41) is 10.4. The first kappa shape index (κ1) is 15.7. The maximum absolute atomic E-state index is 12.5. The number of halogens is 7. The number of alkyl halides is 6. The predicted octanol–water partition coefficient (Wildman–Crippen LogP) is 3.51. The summed E-state index contributed by atoms with van der Waals surface area (Å²) in [6.45, 7) is 0. The second kappa shape index (κ2) is 4.97. The van der Waals surface area contributed by atoms with Gasteiger partial charge in [-0.1, -0.05) is 0 Å². The Labute approximate surface area is 113 Å². The topological polar surface area (TPSA) is 65.3 Å². The molecule has 0 fully saturated rings. The van der Waals surface area contributed by atoms with Gasteiger partial charge < -0.3 is 14.9 Å². The number of nitro groups is 1. The molecule has 1 heterocycles. The summed E-state index contributed by atoms with van der Waals surface area (Å²) < 4.78 is 75.9. The molecule has 0 bridgehead atoms. The van der Waals surface area contributed by atoms with Gasteiger partial charge in [0.2, 0.25) is 0 Å². The van der Waals surface area contributed by atoms with E-state index in [1.807, 2.05) is 0 Å². The van der Waals surface area contributed by atoms with Crippen LogP contribution in [-0.4, -0.2) is 16.3 Å². The Morgan fingerprint density at radius 1 is 1.26 bits per heavy atom. The van der Waals surface area contributed by atoms with E-state index in [-0.39, 0.29) is 6.07 Å². The summed E-state index contributed by atoms with van der Waals surface area (Å²) in [6, 6.07) is 0.252. The molecular formula is C7HF6IN2O3. The van der Waals surface area contributed by atoms with E-state index in [0.717, 1.165) is 0 Å². The minimum atomic E-state index is -5.37. The molecule has 0 saturated carbocycles. The lowest BCUT2D eigenvalue weighted by Gasteiger charge is -2.12. The van der Waals surface area contributed by atoms with E-state index in [1.165, 1.54) is 22.6 Å². The van der Waals surface area contributed by atoms with E-state index in [0.29, 0.717) is 0 Å². The van der Waals surface area contributed by atoms with Crippen molar-refractivity contribution in [3.63, 3.8) is 0 Å². The van der Waals surface area contributed by atoms with Gasteiger partial charge in [-0.25, -0.2) is 0 Å². The van der Waals surface area contributed by atoms with E-state index >= 15 is 0 Å². The van der Waals surface area contributed by atoms with Crippen molar-refractivity contribution in [3.05, 3.63) is 25.4 Å². The molecule has 0 saturated heterocycles. The van der Waals surface area contributed by atoms with Crippen LogP contribution in [0.25, 0.3) is 0 Å². The minimum absolute atomic E-state index is 0.252. The molecule has 1 aromatic rings. The lowest BCUT2D eigenvalue weighted by atomic mass is 10.3. The highest BCUT2D eigenvalue weighted by atomic mass is 127. The Kier molecular flexibility index (Phi) is 4.11. The number of ether oxygens (including phenoxy) is 1. The number of pyridine rings is 1. The molecule has 0 aliphatic rings. The zero-order chi connectivity index (χ0) is 15.0. The first-order valence-electron chi connectivity index (χ1n) is 4.09. The fourth-order valence-electron chi connectivity index (χ4n) is 0.996. The van der Waals surface area contributed by atoms with E-state index < -0.39 is 38.3 Å². The molecule has 0 unspecified atom stereocenters. The van der Waals surface area contributed by atoms with Crippen LogP contribution in [0, 0.1) is 13.7 Å². The average Bonchev–Trinajstić information content (AvgIpc) is 2.11. The van der Waals surface area contributed by atoms with Gasteiger partial charge in [-0.3, -0.25) is 0 Å². The van der Waals surface area contributed by atoms with Crippen LogP contribution in [0.1, 0.15) is 5.69 Å². The first-order valence-corrected chi connectivity index (χ1v) is 5.17. The molecule has 0 radical (unpaired) electrons. The van der Waals surface area contributed by atoms with Gasteiger partial charge in [0.05, 0.1) is 0 Å². The third-order valence-corrected chi connectivity index (χ3v) is 2.38. The Balaban J connectivity index is 3.46. The van der Waals surface area contributed by atoms with Crippen LogP contribution in [0.3, 0.4) is 0 Å². The summed E-state index contributed by atoms with van der Waals surface area (Å²) in [4.78, 5) is 11.7. The van der Waals surface area contributed by atoms with E-state index in [2.05, 4.69) is 9.72 Å². The maximum atomic E-state index is 12.5. The second-order valence-electron chi connectivity index (χ2n) is 2.94. The Morgan fingerprint density at radius 3 is 2.16 bits per heavy atom. The van der Waals surface area contributed by atoms with Gasteiger partial charge >= 0.3 is 18.4 Å². The van der Waals surface area contributed by atoms with Crippen LogP contribution >= 0.6 is 22.6 Å². The Hall–Kier alpha value is -1.34. The summed E-state index contributed by atoms with van der Waals surface area (Å²) in [7, 11) is 0. The van der Waals surface area contributed by atoms with Crippen LogP contribution in [0.2, 0.25) is 0 Å². The van der Waals surface area contributed by atoms with Gasteiger partial charge in [-0.2, -0.15) is 13.2 Å². The molecule has 12 heteroatoms. The van der Waals surface area contributed by atoms with Gasteiger partial charge in [0, 0.05) is 6.07 Å².